The summed E-state index contributed by atoms with van der Waals surface area (Å²) in [5.41, 5.74) is 1.71. The number of rotatable bonds is 4. The van der Waals surface area contributed by atoms with Gasteiger partial charge in [-0.2, -0.15) is 0 Å². The average Bonchev–Trinajstić information content (AvgIpc) is 2.81. The Hall–Kier alpha value is -3.78. The van der Waals surface area contributed by atoms with E-state index >= 15 is 4.39 Å². The molecule has 0 amide bonds. The summed E-state index contributed by atoms with van der Waals surface area (Å²) in [5, 5.41) is 9.91. The molecule has 1 N–H and O–H groups in total. The van der Waals surface area contributed by atoms with Gasteiger partial charge in [-0.3, -0.25) is 9.69 Å². The molecule has 3 heterocycles. The van der Waals surface area contributed by atoms with E-state index < -0.39 is 11.4 Å². The summed E-state index contributed by atoms with van der Waals surface area (Å²) in [6.07, 6.45) is 1.27. The van der Waals surface area contributed by atoms with Gasteiger partial charge < -0.3 is 14.6 Å². The predicted octanol–water partition coefficient (Wildman–Crippen LogP) is 3.25. The van der Waals surface area contributed by atoms with Crippen LogP contribution in [0.1, 0.15) is 15.9 Å². The number of carboxylic acid groups (broad SMARTS) is 1. The number of aryl methyl sites for hydroxylation is 1. The minimum absolute atomic E-state index is 0.159. The Morgan fingerprint density at radius 2 is 1.82 bits per heavy atom. The Balaban J connectivity index is 1.45. The molecule has 1 fully saturated rings. The van der Waals surface area contributed by atoms with Crippen molar-refractivity contribution in [2.75, 3.05) is 31.1 Å². The van der Waals surface area contributed by atoms with E-state index in [0.717, 1.165) is 19.6 Å². The van der Waals surface area contributed by atoms with Crippen LogP contribution in [0.15, 0.2) is 59.5 Å². The molecule has 7 nitrogen and oxygen atoms in total. The molecule has 0 radical (unpaired) electrons. The van der Waals surface area contributed by atoms with E-state index in [4.69, 9.17) is 0 Å². The molecule has 0 aliphatic carbocycles. The molecule has 0 bridgehead atoms. The van der Waals surface area contributed by atoms with Crippen LogP contribution in [0.2, 0.25) is 0 Å². The first-order valence-electron chi connectivity index (χ1n) is 10.8. The zero-order chi connectivity index (χ0) is 23.1. The fourth-order valence-electron chi connectivity index (χ4n) is 4.45. The number of nitrogens with zero attached hydrogens (tertiary/aromatic N) is 4. The van der Waals surface area contributed by atoms with Crippen molar-refractivity contribution in [2.45, 2.75) is 6.54 Å². The molecule has 8 heteroatoms. The van der Waals surface area contributed by atoms with Gasteiger partial charge in [0, 0.05) is 51.4 Å². The smallest absolute Gasteiger partial charge is 0.341 e. The lowest BCUT2D eigenvalue weighted by Crippen LogP contribution is -2.46. The molecule has 1 aliphatic rings. The van der Waals surface area contributed by atoms with Crippen molar-refractivity contribution in [3.63, 3.8) is 0 Å². The van der Waals surface area contributed by atoms with Crippen LogP contribution in [0.3, 0.4) is 0 Å². The monoisotopic (exact) mass is 446 g/mol. The first-order valence-corrected chi connectivity index (χ1v) is 10.8. The summed E-state index contributed by atoms with van der Waals surface area (Å²) >= 11 is 0. The van der Waals surface area contributed by atoms with Gasteiger partial charge >= 0.3 is 5.97 Å². The van der Waals surface area contributed by atoms with E-state index in [1.165, 1.54) is 28.5 Å². The normalized spacial score (nSPS) is 14.8. The molecule has 1 saturated heterocycles. The number of pyridine rings is 2. The van der Waals surface area contributed by atoms with Gasteiger partial charge in [0.2, 0.25) is 5.43 Å². The largest absolute Gasteiger partial charge is 0.477 e. The predicted molar refractivity (Wildman–Crippen MR) is 125 cm³/mol. The highest BCUT2D eigenvalue weighted by Crippen LogP contribution is 2.28. The standard InChI is InChI=1S/C25H23FN4O3/c1-28-15-19(25(32)33)23(31)18-11-17-12-20(26)22(13-21(17)27-24(18)28)30-9-7-29(8-10-30)14-16-5-3-2-4-6-16/h2-6,11-13,15H,7-10,14H2,1H3,(H,32,33). The van der Waals surface area contributed by atoms with E-state index in [0.29, 0.717) is 35.3 Å². The number of aromatic carboxylic acids is 1. The number of benzene rings is 2. The second-order valence-corrected chi connectivity index (χ2v) is 8.39. The number of carboxylic acids is 1. The Morgan fingerprint density at radius 1 is 1.09 bits per heavy atom. The molecular weight excluding hydrogens is 423 g/mol. The average molecular weight is 446 g/mol. The zero-order valence-electron chi connectivity index (χ0n) is 18.2. The maximum atomic E-state index is 15.1. The highest BCUT2D eigenvalue weighted by atomic mass is 19.1. The van der Waals surface area contributed by atoms with Crippen LogP contribution >= 0.6 is 0 Å². The molecular formula is C25H23FN4O3. The third kappa shape index (κ3) is 3.93. The number of hydrogen-bond donors (Lipinski definition) is 1. The molecule has 0 spiro atoms. The van der Waals surface area contributed by atoms with Gasteiger partial charge in [-0.15, -0.1) is 0 Å². The number of halogens is 1. The minimum Gasteiger partial charge on any atom is -0.477 e. The maximum absolute atomic E-state index is 15.1. The van der Waals surface area contributed by atoms with Crippen molar-refractivity contribution in [3.8, 4) is 0 Å². The summed E-state index contributed by atoms with van der Waals surface area (Å²) < 4.78 is 16.6. The van der Waals surface area contributed by atoms with Gasteiger partial charge in [-0.1, -0.05) is 30.3 Å². The van der Waals surface area contributed by atoms with E-state index in [1.54, 1.807) is 13.1 Å². The van der Waals surface area contributed by atoms with Crippen molar-refractivity contribution >= 4 is 33.6 Å². The zero-order valence-corrected chi connectivity index (χ0v) is 18.2. The van der Waals surface area contributed by atoms with Gasteiger partial charge in [-0.05, 0) is 23.8 Å². The first kappa shape index (κ1) is 21.1. The van der Waals surface area contributed by atoms with Crippen LogP contribution in [-0.4, -0.2) is 51.7 Å². The highest BCUT2D eigenvalue weighted by molar-refractivity contribution is 5.96. The van der Waals surface area contributed by atoms with Crippen molar-refractivity contribution < 1.29 is 14.3 Å². The van der Waals surface area contributed by atoms with E-state index in [2.05, 4.69) is 22.0 Å². The summed E-state index contributed by atoms with van der Waals surface area (Å²) in [6, 6.07) is 14.9. The summed E-state index contributed by atoms with van der Waals surface area (Å²) in [5.74, 6) is -1.68. The van der Waals surface area contributed by atoms with E-state index in [1.807, 2.05) is 23.1 Å². The SMILES string of the molecule is Cn1cc(C(=O)O)c(=O)c2cc3cc(F)c(N4CCN(Cc5ccccc5)CC4)cc3nc21. The van der Waals surface area contributed by atoms with Crippen LogP contribution in [0.5, 0.6) is 0 Å². The lowest BCUT2D eigenvalue weighted by Gasteiger charge is -2.36. The van der Waals surface area contributed by atoms with Gasteiger partial charge in [0.15, 0.2) is 0 Å². The van der Waals surface area contributed by atoms with Gasteiger partial charge in [-0.25, -0.2) is 14.2 Å². The molecule has 0 unspecified atom stereocenters. The molecule has 33 heavy (non-hydrogen) atoms. The van der Waals surface area contributed by atoms with Crippen molar-refractivity contribution in [1.29, 1.82) is 0 Å². The molecule has 0 saturated carbocycles. The highest BCUT2D eigenvalue weighted by Gasteiger charge is 2.21. The Bertz CT molecular complexity index is 1430. The van der Waals surface area contributed by atoms with Gasteiger partial charge in [0.25, 0.3) is 0 Å². The summed E-state index contributed by atoms with van der Waals surface area (Å²) in [6.45, 7) is 3.91. The van der Waals surface area contributed by atoms with Crippen LogP contribution in [-0.2, 0) is 13.6 Å². The topological polar surface area (TPSA) is 78.7 Å². The third-order valence-electron chi connectivity index (χ3n) is 6.20. The van der Waals surface area contributed by atoms with Gasteiger partial charge in [0.05, 0.1) is 16.6 Å². The fraction of sp³-hybridized carbons (Fsp3) is 0.240. The van der Waals surface area contributed by atoms with Crippen LogP contribution in [0.4, 0.5) is 10.1 Å². The number of carbonyl (C=O) groups is 1. The molecule has 4 aromatic rings. The summed E-state index contributed by atoms with van der Waals surface area (Å²) in [4.78, 5) is 32.9. The van der Waals surface area contributed by atoms with Crippen LogP contribution in [0.25, 0.3) is 21.9 Å². The Kier molecular flexibility index (Phi) is 5.30. The van der Waals surface area contributed by atoms with Crippen LogP contribution < -0.4 is 10.3 Å². The number of aromatic nitrogens is 2. The molecule has 2 aromatic carbocycles. The molecule has 2 aromatic heterocycles. The fourth-order valence-corrected chi connectivity index (χ4v) is 4.45. The first-order chi connectivity index (χ1) is 15.9. The number of hydrogen-bond acceptors (Lipinski definition) is 5. The molecule has 5 rings (SSSR count). The van der Waals surface area contributed by atoms with E-state index in [9.17, 15) is 14.7 Å². The Morgan fingerprint density at radius 3 is 2.52 bits per heavy atom. The number of anilines is 1. The third-order valence-corrected chi connectivity index (χ3v) is 6.20. The second kappa shape index (κ2) is 8.29. The number of piperazine rings is 1. The maximum Gasteiger partial charge on any atom is 0.341 e. The van der Waals surface area contributed by atoms with Crippen molar-refractivity contribution in [3.05, 3.63) is 81.9 Å². The molecule has 168 valence electrons. The Labute approximate surface area is 189 Å². The van der Waals surface area contributed by atoms with Crippen molar-refractivity contribution in [1.82, 2.24) is 14.5 Å². The minimum atomic E-state index is -1.30. The second-order valence-electron chi connectivity index (χ2n) is 8.39. The number of fused-ring (bicyclic) bond motifs is 2. The lowest BCUT2D eigenvalue weighted by molar-refractivity contribution is 0.0695. The van der Waals surface area contributed by atoms with Crippen LogP contribution in [0, 0.1) is 5.82 Å². The van der Waals surface area contributed by atoms with Gasteiger partial charge in [0.1, 0.15) is 17.0 Å². The van der Waals surface area contributed by atoms with E-state index in [-0.39, 0.29) is 16.8 Å². The lowest BCUT2D eigenvalue weighted by atomic mass is 10.1. The summed E-state index contributed by atoms with van der Waals surface area (Å²) in [7, 11) is 1.64. The van der Waals surface area contributed by atoms with Crippen molar-refractivity contribution in [2.24, 2.45) is 7.05 Å². The molecule has 0 atom stereocenters. The molecule has 1 aliphatic heterocycles. The quantitative estimate of drug-likeness (QED) is 0.485.